The first-order valence-corrected chi connectivity index (χ1v) is 14.9. The van der Waals surface area contributed by atoms with E-state index in [2.05, 4.69) is 16.0 Å². The van der Waals surface area contributed by atoms with Crippen molar-refractivity contribution in [3.63, 3.8) is 0 Å². The molecule has 8 nitrogen and oxygen atoms in total. The van der Waals surface area contributed by atoms with E-state index in [0.29, 0.717) is 36.3 Å². The molecule has 0 aliphatic heterocycles. The van der Waals surface area contributed by atoms with Gasteiger partial charge in [0.15, 0.2) is 0 Å². The molecule has 0 aromatic heterocycles. The van der Waals surface area contributed by atoms with E-state index in [4.69, 9.17) is 23.2 Å². The number of anilines is 2. The Labute approximate surface area is 243 Å². The maximum Gasteiger partial charge on any atom is 0.326 e. The van der Waals surface area contributed by atoms with Crippen LogP contribution in [-0.2, 0) is 20.8 Å². The summed E-state index contributed by atoms with van der Waals surface area (Å²) in [6.45, 7) is 2.78. The number of hydrogen-bond donors (Lipinski definition) is 4. The first-order valence-electron chi connectivity index (χ1n) is 12.5. The van der Waals surface area contributed by atoms with Crippen molar-refractivity contribution in [1.29, 1.82) is 0 Å². The Morgan fingerprint density at radius 2 is 1.64 bits per heavy atom. The molecule has 2 rings (SSSR count). The molecule has 0 heterocycles. The molecule has 3 atom stereocenters. The highest BCUT2D eigenvalue weighted by Crippen LogP contribution is 2.18. The predicted octanol–water partition coefficient (Wildman–Crippen LogP) is 3.96. The van der Waals surface area contributed by atoms with E-state index in [0.717, 1.165) is 11.3 Å². The molecular weight excluding hydrogens is 566 g/mol. The monoisotopic (exact) mass is 600 g/mol. The van der Waals surface area contributed by atoms with Gasteiger partial charge < -0.3 is 26.0 Å². The molecule has 2 aromatic carbocycles. The summed E-state index contributed by atoms with van der Waals surface area (Å²) >= 11 is 13.4. The molecule has 1 unspecified atom stereocenters. The van der Waals surface area contributed by atoms with Gasteiger partial charge in [-0.2, -0.15) is 11.8 Å². The first kappa shape index (κ1) is 32.5. The van der Waals surface area contributed by atoms with Gasteiger partial charge in [-0.25, -0.2) is 9.18 Å². The van der Waals surface area contributed by atoms with Gasteiger partial charge in [0.05, 0.1) is 0 Å². The maximum atomic E-state index is 13.3. The molecular formula is C27H35Cl2FN4O4S. The van der Waals surface area contributed by atoms with Gasteiger partial charge in [-0.15, -0.1) is 23.2 Å². The van der Waals surface area contributed by atoms with Crippen LogP contribution in [0.4, 0.5) is 15.8 Å². The quantitative estimate of drug-likeness (QED) is 0.203. The molecule has 0 radical (unpaired) electrons. The lowest BCUT2D eigenvalue weighted by Gasteiger charge is -2.25. The summed E-state index contributed by atoms with van der Waals surface area (Å²) < 4.78 is 13.2. The second-order valence-electron chi connectivity index (χ2n) is 8.85. The van der Waals surface area contributed by atoms with Gasteiger partial charge in [-0.05, 0) is 67.3 Å². The van der Waals surface area contributed by atoms with Gasteiger partial charge >= 0.3 is 5.97 Å². The fraction of sp³-hybridized carbons (Fsp3) is 0.444. The Bertz CT molecular complexity index is 1070. The Morgan fingerprint density at radius 1 is 1.00 bits per heavy atom. The maximum absolute atomic E-state index is 13.3. The Kier molecular flexibility index (Phi) is 14.3. The number of thioether (sulfide) groups is 1. The van der Waals surface area contributed by atoms with E-state index in [1.54, 1.807) is 6.92 Å². The summed E-state index contributed by atoms with van der Waals surface area (Å²) in [4.78, 5) is 40.1. The minimum atomic E-state index is -1.14. The molecule has 0 bridgehead atoms. The Balaban J connectivity index is 2.25. The van der Waals surface area contributed by atoms with Crippen LogP contribution in [0.5, 0.6) is 0 Å². The zero-order valence-corrected chi connectivity index (χ0v) is 24.3. The third-order valence-electron chi connectivity index (χ3n) is 5.90. The van der Waals surface area contributed by atoms with Crippen LogP contribution in [0, 0.1) is 5.82 Å². The van der Waals surface area contributed by atoms with Gasteiger partial charge in [0, 0.05) is 42.6 Å². The number of nitrogens with zero attached hydrogens (tertiary/aromatic N) is 1. The number of carbonyl (C=O) groups excluding carboxylic acids is 2. The molecule has 0 spiro atoms. The number of carbonyl (C=O) groups is 3. The van der Waals surface area contributed by atoms with Crippen molar-refractivity contribution in [2.75, 3.05) is 47.1 Å². The Morgan fingerprint density at radius 3 is 2.23 bits per heavy atom. The van der Waals surface area contributed by atoms with Gasteiger partial charge in [-0.1, -0.05) is 12.1 Å². The molecule has 4 N–H and O–H groups in total. The average molecular weight is 602 g/mol. The largest absolute Gasteiger partial charge is 0.480 e. The minimum Gasteiger partial charge on any atom is -0.480 e. The normalized spacial score (nSPS) is 13.2. The first-order chi connectivity index (χ1) is 18.7. The van der Waals surface area contributed by atoms with E-state index in [9.17, 15) is 23.9 Å². The fourth-order valence-corrected chi connectivity index (χ4v) is 4.70. The minimum absolute atomic E-state index is 0.124. The topological polar surface area (TPSA) is 111 Å². The van der Waals surface area contributed by atoms with Crippen molar-refractivity contribution in [2.45, 2.75) is 37.9 Å². The zero-order chi connectivity index (χ0) is 28.8. The molecule has 0 saturated heterocycles. The van der Waals surface area contributed by atoms with E-state index in [-0.39, 0.29) is 12.8 Å². The summed E-state index contributed by atoms with van der Waals surface area (Å²) in [5.74, 6) is -1.25. The number of rotatable bonds is 17. The highest BCUT2D eigenvalue weighted by molar-refractivity contribution is 7.98. The van der Waals surface area contributed by atoms with Gasteiger partial charge in [0.1, 0.15) is 23.9 Å². The van der Waals surface area contributed by atoms with Crippen LogP contribution in [0.15, 0.2) is 48.5 Å². The summed E-state index contributed by atoms with van der Waals surface area (Å²) in [6.07, 6.45) is 2.22. The van der Waals surface area contributed by atoms with Crippen LogP contribution >= 0.6 is 35.0 Å². The van der Waals surface area contributed by atoms with E-state index in [1.165, 1.54) is 36.0 Å². The van der Waals surface area contributed by atoms with E-state index >= 15 is 0 Å². The summed E-state index contributed by atoms with van der Waals surface area (Å²) in [7, 11) is 0. The summed E-state index contributed by atoms with van der Waals surface area (Å²) in [6, 6.07) is 10.1. The molecule has 0 fully saturated rings. The molecule has 12 heteroatoms. The SMILES string of the molecule is CSCC[C@H](NC(=O)[C@H](Cc1cccc(N(CCCl)CCCl)c1)NC(=O)C(C)Nc1ccc(F)cc1)C(=O)O. The lowest BCUT2D eigenvalue weighted by molar-refractivity contribution is -0.142. The number of carboxylic acids is 1. The van der Waals surface area contributed by atoms with Crippen LogP contribution in [0.3, 0.4) is 0 Å². The van der Waals surface area contributed by atoms with Crippen molar-refractivity contribution < 1.29 is 23.9 Å². The summed E-state index contributed by atoms with van der Waals surface area (Å²) in [5.41, 5.74) is 2.17. The van der Waals surface area contributed by atoms with Gasteiger partial charge in [-0.3, -0.25) is 9.59 Å². The lowest BCUT2D eigenvalue weighted by atomic mass is 10.0. The molecule has 214 valence electrons. The Hall–Kier alpha value is -2.69. The number of carboxylic acid groups (broad SMARTS) is 1. The van der Waals surface area contributed by atoms with Crippen molar-refractivity contribution in [3.05, 3.63) is 59.9 Å². The van der Waals surface area contributed by atoms with Crippen molar-refractivity contribution in [1.82, 2.24) is 10.6 Å². The highest BCUT2D eigenvalue weighted by Gasteiger charge is 2.28. The number of benzene rings is 2. The van der Waals surface area contributed by atoms with Crippen LogP contribution in [0.2, 0.25) is 0 Å². The molecule has 39 heavy (non-hydrogen) atoms. The van der Waals surface area contributed by atoms with Crippen LogP contribution in [0.1, 0.15) is 18.9 Å². The third kappa shape index (κ3) is 11.1. The average Bonchev–Trinajstić information content (AvgIpc) is 2.91. The molecule has 2 aromatic rings. The number of aliphatic carboxylic acids is 1. The number of halogens is 3. The molecule has 0 aliphatic carbocycles. The van der Waals surface area contributed by atoms with Gasteiger partial charge in [0.25, 0.3) is 0 Å². The van der Waals surface area contributed by atoms with Gasteiger partial charge in [0.2, 0.25) is 11.8 Å². The van der Waals surface area contributed by atoms with Crippen LogP contribution < -0.4 is 20.9 Å². The predicted molar refractivity (Wildman–Crippen MR) is 158 cm³/mol. The smallest absolute Gasteiger partial charge is 0.326 e. The summed E-state index contributed by atoms with van der Waals surface area (Å²) in [5, 5.41) is 17.9. The third-order valence-corrected chi connectivity index (χ3v) is 6.89. The molecule has 0 saturated carbocycles. The standard InChI is InChI=1S/C27H35Cl2FN4O4S/c1-18(31-21-8-6-20(30)7-9-21)25(35)33-24(26(36)32-23(27(37)38)10-15-39-2)17-19-4-3-5-22(16-19)34(13-11-28)14-12-29/h3-9,16,18,23-24,31H,10-15,17H2,1-2H3,(H,32,36)(H,33,35)(H,37,38)/t18?,23-,24-/m0/s1. The fourth-order valence-electron chi connectivity index (χ4n) is 3.82. The van der Waals surface area contributed by atoms with Crippen molar-refractivity contribution in [3.8, 4) is 0 Å². The van der Waals surface area contributed by atoms with Crippen LogP contribution in [-0.4, -0.2) is 77.9 Å². The zero-order valence-electron chi connectivity index (χ0n) is 22.0. The lowest BCUT2D eigenvalue weighted by Crippen LogP contribution is -2.54. The number of alkyl halides is 2. The van der Waals surface area contributed by atoms with E-state index < -0.39 is 41.7 Å². The van der Waals surface area contributed by atoms with Crippen molar-refractivity contribution in [2.24, 2.45) is 0 Å². The second-order valence-corrected chi connectivity index (χ2v) is 10.6. The number of nitrogens with one attached hydrogen (secondary N) is 3. The van der Waals surface area contributed by atoms with Crippen LogP contribution in [0.25, 0.3) is 0 Å². The number of amides is 2. The second kappa shape index (κ2) is 17.1. The molecule has 0 aliphatic rings. The van der Waals surface area contributed by atoms with E-state index in [1.807, 2.05) is 35.4 Å². The number of hydrogen-bond acceptors (Lipinski definition) is 6. The highest BCUT2D eigenvalue weighted by atomic mass is 35.5. The molecule has 2 amide bonds. The van der Waals surface area contributed by atoms with Crippen molar-refractivity contribution >= 4 is 64.1 Å².